The highest BCUT2D eigenvalue weighted by molar-refractivity contribution is 9.10. The van der Waals surface area contributed by atoms with Crippen molar-refractivity contribution in [3.05, 3.63) is 22.2 Å². The van der Waals surface area contributed by atoms with Crippen LogP contribution in [0.5, 0.6) is 11.5 Å². The highest BCUT2D eigenvalue weighted by Crippen LogP contribution is 2.36. The van der Waals surface area contributed by atoms with Crippen LogP contribution in [0.25, 0.3) is 0 Å². The maximum absolute atomic E-state index is 6.12. The van der Waals surface area contributed by atoms with Crippen molar-refractivity contribution >= 4 is 28.3 Å². The Kier molecular flexibility index (Phi) is 8.35. The molecule has 0 bridgehead atoms. The van der Waals surface area contributed by atoms with Crippen LogP contribution in [0.4, 0.5) is 0 Å². The number of nitrogens with two attached hydrogens (primary N) is 2. The third kappa shape index (κ3) is 4.31. The largest absolute Gasteiger partial charge is 0.493 e. The first-order valence-corrected chi connectivity index (χ1v) is 6.30. The summed E-state index contributed by atoms with van der Waals surface area (Å²) in [6.07, 6.45) is 1.76. The Morgan fingerprint density at radius 1 is 1.22 bits per heavy atom. The fourth-order valence-corrected chi connectivity index (χ4v) is 2.26. The fourth-order valence-electron chi connectivity index (χ4n) is 1.65. The van der Waals surface area contributed by atoms with E-state index in [4.69, 9.17) is 20.9 Å². The summed E-state index contributed by atoms with van der Waals surface area (Å²) < 4.78 is 11.4. The average molecular weight is 340 g/mol. The molecule has 0 aliphatic carbocycles. The van der Waals surface area contributed by atoms with Gasteiger partial charge in [0, 0.05) is 10.5 Å². The molecule has 0 unspecified atom stereocenters. The third-order valence-electron chi connectivity index (χ3n) is 2.62. The van der Waals surface area contributed by atoms with Crippen molar-refractivity contribution in [2.45, 2.75) is 18.9 Å². The summed E-state index contributed by atoms with van der Waals surface area (Å²) in [7, 11) is 3.22. The molecule has 4 nitrogen and oxygen atoms in total. The molecule has 0 aromatic heterocycles. The number of rotatable bonds is 6. The molecule has 0 amide bonds. The summed E-state index contributed by atoms with van der Waals surface area (Å²) in [6.45, 7) is 0.651. The number of benzene rings is 1. The van der Waals surface area contributed by atoms with Crippen molar-refractivity contribution in [2.24, 2.45) is 11.5 Å². The average Bonchev–Trinajstić information content (AvgIpc) is 2.35. The lowest BCUT2D eigenvalue weighted by Gasteiger charge is -2.16. The minimum atomic E-state index is -0.0484. The Morgan fingerprint density at radius 2 is 1.78 bits per heavy atom. The fraction of sp³-hybridized carbons (Fsp3) is 0.500. The molecule has 0 fully saturated rings. The van der Waals surface area contributed by atoms with E-state index < -0.39 is 0 Å². The second-order valence-corrected chi connectivity index (χ2v) is 4.62. The smallest absolute Gasteiger partial charge is 0.161 e. The molecular weight excluding hydrogens is 320 g/mol. The van der Waals surface area contributed by atoms with Gasteiger partial charge in [0.05, 0.1) is 14.2 Å². The highest BCUT2D eigenvalue weighted by Gasteiger charge is 2.14. The van der Waals surface area contributed by atoms with Gasteiger partial charge in [0.25, 0.3) is 0 Å². The van der Waals surface area contributed by atoms with E-state index in [1.54, 1.807) is 14.2 Å². The highest BCUT2D eigenvalue weighted by atomic mass is 79.9. The molecule has 0 spiro atoms. The molecule has 1 aromatic carbocycles. The van der Waals surface area contributed by atoms with Gasteiger partial charge in [-0.25, -0.2) is 0 Å². The SMILES string of the molecule is COc1cc(Br)c([C@@H](N)CCCN)cc1OC.Cl. The second kappa shape index (κ2) is 8.58. The number of ether oxygens (including phenoxy) is 2. The molecule has 0 heterocycles. The normalized spacial score (nSPS) is 11.6. The zero-order valence-corrected chi connectivity index (χ0v) is 13.0. The summed E-state index contributed by atoms with van der Waals surface area (Å²) in [5.41, 5.74) is 12.6. The van der Waals surface area contributed by atoms with Crippen LogP contribution in [0, 0.1) is 0 Å². The molecule has 0 aliphatic rings. The van der Waals surface area contributed by atoms with Crippen molar-refractivity contribution in [1.82, 2.24) is 0 Å². The second-order valence-electron chi connectivity index (χ2n) is 3.77. The zero-order chi connectivity index (χ0) is 12.8. The summed E-state index contributed by atoms with van der Waals surface area (Å²) in [5.74, 6) is 1.38. The van der Waals surface area contributed by atoms with Crippen molar-refractivity contribution < 1.29 is 9.47 Å². The van der Waals surface area contributed by atoms with Crippen LogP contribution in [0.1, 0.15) is 24.4 Å². The van der Waals surface area contributed by atoms with Gasteiger partial charge < -0.3 is 20.9 Å². The Labute approximate surface area is 123 Å². The Hall–Kier alpha value is -0.490. The minimum Gasteiger partial charge on any atom is -0.493 e. The Bertz CT molecular complexity index is 377. The molecular formula is C12H20BrClN2O2. The van der Waals surface area contributed by atoms with Gasteiger partial charge in [-0.3, -0.25) is 0 Å². The monoisotopic (exact) mass is 338 g/mol. The molecule has 1 rings (SSSR count). The molecule has 0 radical (unpaired) electrons. The topological polar surface area (TPSA) is 70.5 Å². The van der Waals surface area contributed by atoms with Crippen molar-refractivity contribution in [3.63, 3.8) is 0 Å². The molecule has 4 N–H and O–H groups in total. The molecule has 1 atom stereocenters. The summed E-state index contributed by atoms with van der Waals surface area (Å²) in [4.78, 5) is 0. The van der Waals surface area contributed by atoms with Crippen molar-refractivity contribution in [2.75, 3.05) is 20.8 Å². The van der Waals surface area contributed by atoms with E-state index >= 15 is 0 Å². The van der Waals surface area contributed by atoms with Crippen LogP contribution in [-0.4, -0.2) is 20.8 Å². The van der Waals surface area contributed by atoms with Crippen LogP contribution < -0.4 is 20.9 Å². The third-order valence-corrected chi connectivity index (χ3v) is 3.31. The van der Waals surface area contributed by atoms with E-state index in [0.29, 0.717) is 18.0 Å². The van der Waals surface area contributed by atoms with E-state index in [-0.39, 0.29) is 18.4 Å². The zero-order valence-electron chi connectivity index (χ0n) is 10.6. The van der Waals surface area contributed by atoms with Gasteiger partial charge in [0.2, 0.25) is 0 Å². The molecule has 0 saturated carbocycles. The van der Waals surface area contributed by atoms with Gasteiger partial charge in [-0.05, 0) is 37.1 Å². The maximum atomic E-state index is 6.12. The van der Waals surface area contributed by atoms with Gasteiger partial charge in [-0.1, -0.05) is 15.9 Å². The number of methoxy groups -OCH3 is 2. The van der Waals surface area contributed by atoms with Crippen LogP contribution in [0.2, 0.25) is 0 Å². The summed E-state index contributed by atoms with van der Waals surface area (Å²) >= 11 is 3.50. The molecule has 18 heavy (non-hydrogen) atoms. The van der Waals surface area contributed by atoms with Crippen LogP contribution in [0.3, 0.4) is 0 Å². The van der Waals surface area contributed by atoms with Crippen LogP contribution >= 0.6 is 28.3 Å². The molecule has 104 valence electrons. The van der Waals surface area contributed by atoms with Crippen molar-refractivity contribution in [3.8, 4) is 11.5 Å². The lowest BCUT2D eigenvalue weighted by molar-refractivity contribution is 0.353. The first-order chi connectivity index (χ1) is 8.13. The van der Waals surface area contributed by atoms with Gasteiger partial charge in [-0.2, -0.15) is 0 Å². The van der Waals surface area contributed by atoms with Crippen molar-refractivity contribution in [1.29, 1.82) is 0 Å². The lowest BCUT2D eigenvalue weighted by Crippen LogP contribution is -2.13. The quantitative estimate of drug-likeness (QED) is 0.836. The minimum absolute atomic E-state index is 0. The number of hydrogen-bond donors (Lipinski definition) is 2. The van der Waals surface area contributed by atoms with Gasteiger partial charge in [-0.15, -0.1) is 12.4 Å². The molecule has 0 aliphatic heterocycles. The van der Waals surface area contributed by atoms with Gasteiger partial charge in [0.1, 0.15) is 0 Å². The predicted molar refractivity (Wildman–Crippen MR) is 79.7 cm³/mol. The molecule has 1 aromatic rings. The number of halogens is 2. The predicted octanol–water partition coefficient (Wildman–Crippen LogP) is 2.63. The maximum Gasteiger partial charge on any atom is 0.161 e. The first kappa shape index (κ1) is 17.5. The summed E-state index contributed by atoms with van der Waals surface area (Å²) in [6, 6.07) is 3.73. The van der Waals surface area contributed by atoms with E-state index in [9.17, 15) is 0 Å². The van der Waals surface area contributed by atoms with E-state index in [1.807, 2.05) is 12.1 Å². The van der Waals surface area contributed by atoms with E-state index in [2.05, 4.69) is 15.9 Å². The standard InChI is InChI=1S/C12H19BrN2O2.ClH/c1-16-11-6-8(10(15)4-3-5-14)9(13)7-12(11)17-2;/h6-7,10H,3-5,14-15H2,1-2H3;1H/t10-;/m0./s1. The van der Waals surface area contributed by atoms with Crippen LogP contribution in [0.15, 0.2) is 16.6 Å². The van der Waals surface area contributed by atoms with E-state index in [1.165, 1.54) is 0 Å². The lowest BCUT2D eigenvalue weighted by atomic mass is 10.0. The molecule has 0 saturated heterocycles. The van der Waals surface area contributed by atoms with Gasteiger partial charge >= 0.3 is 0 Å². The first-order valence-electron chi connectivity index (χ1n) is 5.51. The van der Waals surface area contributed by atoms with E-state index in [0.717, 1.165) is 22.9 Å². The summed E-state index contributed by atoms with van der Waals surface area (Å²) in [5, 5.41) is 0. The Balaban J connectivity index is 0.00000289. The number of hydrogen-bond acceptors (Lipinski definition) is 4. The Morgan fingerprint density at radius 3 is 2.28 bits per heavy atom. The molecule has 6 heteroatoms. The van der Waals surface area contributed by atoms with Crippen LogP contribution in [-0.2, 0) is 0 Å². The van der Waals surface area contributed by atoms with Gasteiger partial charge in [0.15, 0.2) is 11.5 Å².